The Bertz CT molecular complexity index is 886. The van der Waals surface area contributed by atoms with Crippen LogP contribution < -0.4 is 5.48 Å². The quantitative estimate of drug-likeness (QED) is 0.650. The van der Waals surface area contributed by atoms with Crippen molar-refractivity contribution >= 4 is 16.9 Å². The molecule has 1 aromatic heterocycles. The van der Waals surface area contributed by atoms with E-state index in [4.69, 9.17) is 4.84 Å². The molecule has 0 radical (unpaired) electrons. The van der Waals surface area contributed by atoms with Gasteiger partial charge in [0.15, 0.2) is 0 Å². The van der Waals surface area contributed by atoms with E-state index in [0.717, 1.165) is 23.0 Å². The maximum absolute atomic E-state index is 11.4. The predicted octanol–water partition coefficient (Wildman–Crippen LogP) is 3.14. The molecule has 25 heavy (non-hydrogen) atoms. The highest BCUT2D eigenvalue weighted by molar-refractivity contribution is 5.85. The van der Waals surface area contributed by atoms with Gasteiger partial charge in [-0.3, -0.25) is 4.79 Å². The molecule has 1 heterocycles. The molecule has 0 amide bonds. The van der Waals surface area contributed by atoms with E-state index in [1.54, 1.807) is 0 Å². The first-order chi connectivity index (χ1) is 12.1. The number of benzene rings is 2. The summed E-state index contributed by atoms with van der Waals surface area (Å²) < 4.78 is 2.18. The average molecular weight is 338 g/mol. The second-order valence-corrected chi connectivity index (χ2v) is 6.14. The van der Waals surface area contributed by atoms with Crippen LogP contribution in [0.4, 0.5) is 0 Å². The molecule has 5 heteroatoms. The fraction of sp³-hybridized carbons (Fsp3) is 0.250. The van der Waals surface area contributed by atoms with Gasteiger partial charge in [0, 0.05) is 30.1 Å². The van der Waals surface area contributed by atoms with Crippen LogP contribution in [0, 0.1) is 6.92 Å². The molecular weight excluding hydrogens is 316 g/mol. The number of rotatable bonds is 7. The van der Waals surface area contributed by atoms with Gasteiger partial charge in [-0.1, -0.05) is 42.5 Å². The number of hydrogen-bond acceptors (Lipinski definition) is 3. The minimum absolute atomic E-state index is 0.352. The van der Waals surface area contributed by atoms with Gasteiger partial charge >= 0.3 is 5.97 Å². The van der Waals surface area contributed by atoms with Gasteiger partial charge in [0.25, 0.3) is 0 Å². The van der Waals surface area contributed by atoms with Crippen LogP contribution in [0.15, 0.2) is 54.7 Å². The van der Waals surface area contributed by atoms with Crippen molar-refractivity contribution in [3.05, 3.63) is 71.4 Å². The minimum atomic E-state index is -0.933. The van der Waals surface area contributed by atoms with E-state index in [1.165, 1.54) is 18.2 Å². The molecule has 3 rings (SSSR count). The summed E-state index contributed by atoms with van der Waals surface area (Å²) >= 11 is 0. The Morgan fingerprint density at radius 3 is 2.60 bits per heavy atom. The van der Waals surface area contributed by atoms with Crippen molar-refractivity contribution in [1.29, 1.82) is 0 Å². The fourth-order valence-electron chi connectivity index (χ4n) is 3.13. The van der Waals surface area contributed by atoms with Crippen molar-refractivity contribution in [2.24, 2.45) is 0 Å². The molecule has 5 nitrogen and oxygen atoms in total. The highest BCUT2D eigenvalue weighted by atomic mass is 16.6. The van der Waals surface area contributed by atoms with Gasteiger partial charge in [-0.15, -0.1) is 0 Å². The van der Waals surface area contributed by atoms with Crippen LogP contribution >= 0.6 is 0 Å². The first-order valence-corrected chi connectivity index (χ1v) is 8.22. The third kappa shape index (κ3) is 3.73. The van der Waals surface area contributed by atoms with Gasteiger partial charge in [-0.05, 0) is 29.7 Å². The van der Waals surface area contributed by atoms with Crippen LogP contribution in [-0.2, 0) is 22.6 Å². The highest BCUT2D eigenvalue weighted by Crippen LogP contribution is 2.24. The van der Waals surface area contributed by atoms with E-state index in [2.05, 4.69) is 35.2 Å². The van der Waals surface area contributed by atoms with Gasteiger partial charge < -0.3 is 14.5 Å². The molecule has 0 bridgehead atoms. The summed E-state index contributed by atoms with van der Waals surface area (Å²) in [5, 5.41) is 10.4. The van der Waals surface area contributed by atoms with Gasteiger partial charge in [0.1, 0.15) is 6.04 Å². The summed E-state index contributed by atoms with van der Waals surface area (Å²) in [4.78, 5) is 16.3. The molecule has 0 saturated heterocycles. The largest absolute Gasteiger partial charge is 0.480 e. The van der Waals surface area contributed by atoms with Crippen molar-refractivity contribution in [2.75, 3.05) is 7.11 Å². The van der Waals surface area contributed by atoms with Crippen LogP contribution in [0.1, 0.15) is 16.7 Å². The van der Waals surface area contributed by atoms with E-state index in [1.807, 2.05) is 36.5 Å². The molecule has 1 atom stereocenters. The second-order valence-electron chi connectivity index (χ2n) is 6.14. The number of hydroxylamine groups is 1. The first-order valence-electron chi connectivity index (χ1n) is 8.22. The van der Waals surface area contributed by atoms with Crippen molar-refractivity contribution in [2.45, 2.75) is 25.9 Å². The number of aryl methyl sites for hydroxylation is 1. The van der Waals surface area contributed by atoms with Crippen molar-refractivity contribution < 1.29 is 14.7 Å². The summed E-state index contributed by atoms with van der Waals surface area (Å²) in [5.41, 5.74) is 7.13. The van der Waals surface area contributed by atoms with Gasteiger partial charge in [-0.2, -0.15) is 5.48 Å². The number of carboxylic acid groups (broad SMARTS) is 1. The lowest BCUT2D eigenvalue weighted by Crippen LogP contribution is -2.37. The number of hydrogen-bond donors (Lipinski definition) is 2. The Kier molecular flexibility index (Phi) is 5.16. The van der Waals surface area contributed by atoms with Crippen molar-refractivity contribution in [1.82, 2.24) is 10.0 Å². The maximum Gasteiger partial charge on any atom is 0.323 e. The standard InChI is InChI=1S/C20H22N2O3/c1-14-7-3-4-8-15(14)12-22-13-16(11-18(20(23)24)21-25-2)17-9-5-6-10-19(17)22/h3-10,13,18,21H,11-12H2,1-2H3,(H,23,24)/t18-/m0/s1. The lowest BCUT2D eigenvalue weighted by atomic mass is 10.1. The second kappa shape index (κ2) is 7.51. The summed E-state index contributed by atoms with van der Waals surface area (Å²) in [5.74, 6) is -0.933. The van der Waals surface area contributed by atoms with Gasteiger partial charge in [-0.25, -0.2) is 0 Å². The molecule has 3 aromatic rings. The predicted molar refractivity (Wildman–Crippen MR) is 97.5 cm³/mol. The zero-order chi connectivity index (χ0) is 17.8. The molecule has 130 valence electrons. The smallest absolute Gasteiger partial charge is 0.323 e. The van der Waals surface area contributed by atoms with Crippen molar-refractivity contribution in [3.63, 3.8) is 0 Å². The topological polar surface area (TPSA) is 63.5 Å². The Hall–Kier alpha value is -2.63. The Morgan fingerprint density at radius 1 is 1.16 bits per heavy atom. The first kappa shape index (κ1) is 17.2. The average Bonchev–Trinajstić information content (AvgIpc) is 2.94. The number of aromatic nitrogens is 1. The summed E-state index contributed by atoms with van der Waals surface area (Å²) in [6.45, 7) is 2.85. The molecule has 0 saturated carbocycles. The number of nitrogens with one attached hydrogen (secondary N) is 1. The third-order valence-corrected chi connectivity index (χ3v) is 4.46. The number of nitrogens with zero attached hydrogens (tertiary/aromatic N) is 1. The van der Waals surface area contributed by atoms with E-state index in [9.17, 15) is 9.90 Å². The van der Waals surface area contributed by atoms with Gasteiger partial charge in [0.2, 0.25) is 0 Å². The molecule has 0 spiro atoms. The summed E-state index contributed by atoms with van der Waals surface area (Å²) in [6.07, 6.45) is 2.40. The molecule has 2 aromatic carbocycles. The van der Waals surface area contributed by atoms with Crippen LogP contribution in [0.2, 0.25) is 0 Å². The Labute approximate surface area is 146 Å². The molecule has 0 unspecified atom stereocenters. The van der Waals surface area contributed by atoms with E-state index in [-0.39, 0.29) is 0 Å². The maximum atomic E-state index is 11.4. The fourth-order valence-corrected chi connectivity index (χ4v) is 3.13. The number of para-hydroxylation sites is 1. The number of carbonyl (C=O) groups is 1. The van der Waals surface area contributed by atoms with E-state index >= 15 is 0 Å². The Balaban J connectivity index is 1.98. The normalized spacial score (nSPS) is 12.4. The number of aliphatic carboxylic acids is 1. The monoisotopic (exact) mass is 338 g/mol. The van der Waals surface area contributed by atoms with Crippen LogP contribution in [-0.4, -0.2) is 28.8 Å². The molecule has 0 aliphatic heterocycles. The van der Waals surface area contributed by atoms with Crippen LogP contribution in [0.5, 0.6) is 0 Å². The van der Waals surface area contributed by atoms with E-state index < -0.39 is 12.0 Å². The highest BCUT2D eigenvalue weighted by Gasteiger charge is 2.20. The molecule has 0 aliphatic carbocycles. The number of fused-ring (bicyclic) bond motifs is 1. The zero-order valence-electron chi connectivity index (χ0n) is 14.4. The zero-order valence-corrected chi connectivity index (χ0v) is 14.4. The third-order valence-electron chi connectivity index (χ3n) is 4.46. The Morgan fingerprint density at radius 2 is 1.88 bits per heavy atom. The lowest BCUT2D eigenvalue weighted by molar-refractivity contribution is -0.143. The van der Waals surface area contributed by atoms with Crippen LogP contribution in [0.25, 0.3) is 10.9 Å². The molecule has 0 aliphatic rings. The van der Waals surface area contributed by atoms with Gasteiger partial charge in [0.05, 0.1) is 7.11 Å². The van der Waals surface area contributed by atoms with Crippen molar-refractivity contribution in [3.8, 4) is 0 Å². The molecule has 0 fully saturated rings. The molecular formula is C20H22N2O3. The summed E-state index contributed by atoms with van der Waals surface area (Å²) in [6, 6.07) is 15.6. The minimum Gasteiger partial charge on any atom is -0.480 e. The summed E-state index contributed by atoms with van der Waals surface area (Å²) in [7, 11) is 1.43. The lowest BCUT2D eigenvalue weighted by Gasteiger charge is -2.11. The number of carboxylic acids is 1. The van der Waals surface area contributed by atoms with Crippen LogP contribution in [0.3, 0.4) is 0 Å². The SMILES string of the molecule is CON[C@@H](Cc1cn(Cc2ccccc2C)c2ccccc12)C(=O)O. The molecule has 2 N–H and O–H groups in total. The van der Waals surface area contributed by atoms with E-state index in [0.29, 0.717) is 6.42 Å².